The molecule has 0 radical (unpaired) electrons. The van der Waals surface area contributed by atoms with Crippen molar-refractivity contribution in [3.05, 3.63) is 55.1 Å². The third kappa shape index (κ3) is 6.56. The maximum Gasteiger partial charge on any atom is 0.321 e. The number of H-pyrrole nitrogens is 1. The Balaban J connectivity index is 1.73. The number of nitrogens with one attached hydrogen (secondary N) is 3. The first-order valence-corrected chi connectivity index (χ1v) is 10.1. The van der Waals surface area contributed by atoms with E-state index in [1.165, 1.54) is 0 Å². The molecule has 0 aliphatic carbocycles. The van der Waals surface area contributed by atoms with Gasteiger partial charge in [0.05, 0.1) is 0 Å². The van der Waals surface area contributed by atoms with E-state index in [0.29, 0.717) is 29.8 Å². The van der Waals surface area contributed by atoms with Crippen LogP contribution < -0.4 is 16.2 Å². The third-order valence-corrected chi connectivity index (χ3v) is 5.29. The molecule has 0 spiro atoms. The lowest BCUT2D eigenvalue weighted by atomic mass is 9.99. The standard InChI is InChI=1S/C20H22N4O5S/c1-12-15(13(2)23-19(27)16(12)10-21)5-6-18(26)29-11-17(25)24-20(28)22-8-7-14-4-3-9-30-14/h3-4,9H,5-8,11H2,1-2H3,(H,23,27)(H2,22,24,25,28). The highest BCUT2D eigenvalue weighted by Gasteiger charge is 2.15. The van der Waals surface area contributed by atoms with Crippen LogP contribution in [0.5, 0.6) is 0 Å². The van der Waals surface area contributed by atoms with Crippen molar-refractivity contribution >= 4 is 29.2 Å². The van der Waals surface area contributed by atoms with Crippen LogP contribution in [0.15, 0.2) is 22.3 Å². The molecule has 0 aliphatic rings. The van der Waals surface area contributed by atoms with Crippen molar-refractivity contribution in [1.82, 2.24) is 15.6 Å². The van der Waals surface area contributed by atoms with Gasteiger partial charge in [-0.15, -0.1) is 11.3 Å². The summed E-state index contributed by atoms with van der Waals surface area (Å²) in [7, 11) is 0. The Kier molecular flexibility index (Phi) is 8.31. The summed E-state index contributed by atoms with van der Waals surface area (Å²) in [6.45, 7) is 3.12. The molecule has 2 rings (SSSR count). The molecule has 3 amide bonds. The largest absolute Gasteiger partial charge is 0.456 e. The summed E-state index contributed by atoms with van der Waals surface area (Å²) < 4.78 is 4.88. The SMILES string of the molecule is Cc1[nH]c(=O)c(C#N)c(C)c1CCC(=O)OCC(=O)NC(=O)NCCc1cccs1. The van der Waals surface area contributed by atoms with E-state index in [1.807, 2.05) is 23.6 Å². The summed E-state index contributed by atoms with van der Waals surface area (Å²) in [5, 5.41) is 15.7. The molecule has 0 aliphatic heterocycles. The average Bonchev–Trinajstić information content (AvgIpc) is 3.19. The second-order valence-electron chi connectivity index (χ2n) is 6.46. The maximum absolute atomic E-state index is 11.9. The number of aryl methyl sites for hydroxylation is 1. The Morgan fingerprint density at radius 2 is 2.03 bits per heavy atom. The van der Waals surface area contributed by atoms with Gasteiger partial charge in [-0.2, -0.15) is 5.26 Å². The number of ether oxygens (including phenoxy) is 1. The lowest BCUT2D eigenvalue weighted by Gasteiger charge is -2.11. The van der Waals surface area contributed by atoms with Crippen LogP contribution in [0, 0.1) is 25.2 Å². The molecule has 0 unspecified atom stereocenters. The Labute approximate surface area is 177 Å². The van der Waals surface area contributed by atoms with Crippen LogP contribution in [0.4, 0.5) is 4.79 Å². The molecule has 0 atom stereocenters. The summed E-state index contributed by atoms with van der Waals surface area (Å²) in [6, 6.07) is 5.06. The fraction of sp³-hybridized carbons (Fsp3) is 0.350. The van der Waals surface area contributed by atoms with Crippen molar-refractivity contribution in [2.24, 2.45) is 0 Å². The average molecular weight is 430 g/mol. The number of amides is 3. The number of esters is 1. The van der Waals surface area contributed by atoms with E-state index in [1.54, 1.807) is 25.2 Å². The number of thiophene rings is 1. The maximum atomic E-state index is 11.9. The number of carbonyl (C=O) groups is 3. The molecule has 2 heterocycles. The first-order chi connectivity index (χ1) is 14.3. The number of nitrogens with zero attached hydrogens (tertiary/aromatic N) is 1. The molecule has 10 heteroatoms. The minimum Gasteiger partial charge on any atom is -0.456 e. The zero-order valence-corrected chi connectivity index (χ0v) is 17.5. The van der Waals surface area contributed by atoms with Gasteiger partial charge in [-0.05, 0) is 49.3 Å². The molecule has 0 fully saturated rings. The van der Waals surface area contributed by atoms with Crippen molar-refractivity contribution in [2.45, 2.75) is 33.1 Å². The first kappa shape index (κ1) is 22.8. The molecule has 0 aromatic carbocycles. The van der Waals surface area contributed by atoms with Crippen LogP contribution in [-0.4, -0.2) is 36.0 Å². The number of imide groups is 1. The number of aromatic amines is 1. The van der Waals surface area contributed by atoms with Crippen LogP contribution >= 0.6 is 11.3 Å². The monoisotopic (exact) mass is 430 g/mol. The molecule has 158 valence electrons. The zero-order chi connectivity index (χ0) is 22.1. The normalized spacial score (nSPS) is 10.2. The van der Waals surface area contributed by atoms with Gasteiger partial charge in [0, 0.05) is 23.5 Å². The quantitative estimate of drug-likeness (QED) is 0.542. The number of aromatic nitrogens is 1. The predicted octanol–water partition coefficient (Wildman–Crippen LogP) is 1.47. The highest BCUT2D eigenvalue weighted by molar-refractivity contribution is 7.09. The van der Waals surface area contributed by atoms with E-state index in [2.05, 4.69) is 15.6 Å². The molecule has 0 saturated heterocycles. The van der Waals surface area contributed by atoms with Crippen molar-refractivity contribution in [2.75, 3.05) is 13.2 Å². The third-order valence-electron chi connectivity index (χ3n) is 4.35. The van der Waals surface area contributed by atoms with Crippen LogP contribution in [-0.2, 0) is 27.2 Å². The van der Waals surface area contributed by atoms with Gasteiger partial charge in [-0.1, -0.05) is 6.07 Å². The fourth-order valence-electron chi connectivity index (χ4n) is 2.83. The number of hydrogen-bond acceptors (Lipinski definition) is 7. The van der Waals surface area contributed by atoms with Crippen molar-refractivity contribution in [3.8, 4) is 6.07 Å². The van der Waals surface area contributed by atoms with Gasteiger partial charge in [0.2, 0.25) is 0 Å². The van der Waals surface area contributed by atoms with E-state index in [-0.39, 0.29) is 18.4 Å². The smallest absolute Gasteiger partial charge is 0.321 e. The summed E-state index contributed by atoms with van der Waals surface area (Å²) in [5.74, 6) is -1.37. The molecular formula is C20H22N4O5S. The minimum atomic E-state index is -0.736. The molecule has 9 nitrogen and oxygen atoms in total. The van der Waals surface area contributed by atoms with E-state index < -0.39 is 30.1 Å². The van der Waals surface area contributed by atoms with Gasteiger partial charge in [0.25, 0.3) is 11.5 Å². The van der Waals surface area contributed by atoms with Gasteiger partial charge in [-0.25, -0.2) is 4.79 Å². The molecule has 0 bridgehead atoms. The van der Waals surface area contributed by atoms with Gasteiger partial charge >= 0.3 is 12.0 Å². The molecule has 3 N–H and O–H groups in total. The van der Waals surface area contributed by atoms with E-state index >= 15 is 0 Å². The summed E-state index contributed by atoms with van der Waals surface area (Å²) in [4.78, 5) is 50.7. The van der Waals surface area contributed by atoms with Crippen LogP contribution in [0.1, 0.15) is 33.7 Å². The number of rotatable bonds is 8. The van der Waals surface area contributed by atoms with Gasteiger partial charge in [0.1, 0.15) is 11.6 Å². The van der Waals surface area contributed by atoms with Gasteiger partial charge in [-0.3, -0.25) is 19.7 Å². The van der Waals surface area contributed by atoms with Crippen LogP contribution in [0.2, 0.25) is 0 Å². The summed E-state index contributed by atoms with van der Waals surface area (Å²) in [5.41, 5.74) is 1.31. The molecule has 0 saturated carbocycles. The molecule has 2 aromatic rings. The first-order valence-electron chi connectivity index (χ1n) is 9.20. The molecule has 2 aromatic heterocycles. The predicted molar refractivity (Wildman–Crippen MR) is 110 cm³/mol. The van der Waals surface area contributed by atoms with E-state index in [4.69, 9.17) is 10.00 Å². The second-order valence-corrected chi connectivity index (χ2v) is 7.50. The minimum absolute atomic E-state index is 0.00781. The van der Waals surface area contributed by atoms with Crippen LogP contribution in [0.25, 0.3) is 0 Å². The Hall–Kier alpha value is -3.45. The van der Waals surface area contributed by atoms with Crippen molar-refractivity contribution < 1.29 is 19.1 Å². The summed E-state index contributed by atoms with van der Waals surface area (Å²) >= 11 is 1.58. The van der Waals surface area contributed by atoms with E-state index in [0.717, 1.165) is 4.88 Å². The molecular weight excluding hydrogens is 408 g/mol. The highest BCUT2D eigenvalue weighted by atomic mass is 32.1. The lowest BCUT2D eigenvalue weighted by Crippen LogP contribution is -2.42. The Morgan fingerprint density at radius 1 is 1.27 bits per heavy atom. The van der Waals surface area contributed by atoms with E-state index in [9.17, 15) is 19.2 Å². The topological polar surface area (TPSA) is 141 Å². The highest BCUT2D eigenvalue weighted by Crippen LogP contribution is 2.15. The Bertz CT molecular complexity index is 1020. The van der Waals surface area contributed by atoms with Crippen LogP contribution in [0.3, 0.4) is 0 Å². The van der Waals surface area contributed by atoms with Gasteiger partial charge < -0.3 is 15.0 Å². The lowest BCUT2D eigenvalue weighted by molar-refractivity contribution is -0.148. The van der Waals surface area contributed by atoms with Crippen molar-refractivity contribution in [1.29, 1.82) is 5.26 Å². The fourth-order valence-corrected chi connectivity index (χ4v) is 3.54. The zero-order valence-electron chi connectivity index (χ0n) is 16.7. The Morgan fingerprint density at radius 3 is 2.70 bits per heavy atom. The number of nitriles is 1. The van der Waals surface area contributed by atoms with Gasteiger partial charge in [0.15, 0.2) is 6.61 Å². The number of carbonyl (C=O) groups excluding carboxylic acids is 3. The number of urea groups is 1. The van der Waals surface area contributed by atoms with Crippen molar-refractivity contribution in [3.63, 3.8) is 0 Å². The number of pyridine rings is 1. The number of hydrogen-bond donors (Lipinski definition) is 3. The molecule has 30 heavy (non-hydrogen) atoms. The summed E-state index contributed by atoms with van der Waals surface area (Å²) in [6.07, 6.45) is 0.858. The second kappa shape index (κ2) is 10.9.